The van der Waals surface area contributed by atoms with Crippen LogP contribution in [0.5, 0.6) is 0 Å². The predicted octanol–water partition coefficient (Wildman–Crippen LogP) is -1.38. The van der Waals surface area contributed by atoms with Gasteiger partial charge in [0.1, 0.15) is 0 Å². The molecule has 0 atom stereocenters. The Kier molecular flexibility index (Phi) is 2.82. The van der Waals surface area contributed by atoms with E-state index in [2.05, 4.69) is 15.0 Å². The zero-order valence-electron chi connectivity index (χ0n) is 4.89. The second-order valence-corrected chi connectivity index (χ2v) is 1.41. The maximum Gasteiger partial charge on any atom is 0.226 e. The fraction of sp³-hybridized carbons (Fsp3) is 0. The maximum absolute atomic E-state index is 5.14. The van der Waals surface area contributed by atoms with E-state index in [-0.39, 0.29) is 34.3 Å². The zero-order chi connectivity index (χ0) is 6.85. The molecule has 0 fully saturated rings. The molecule has 1 aromatic rings. The van der Waals surface area contributed by atoms with E-state index >= 15 is 0 Å². The Labute approximate surface area is 67.2 Å². The Balaban J connectivity index is 0.000000810. The van der Waals surface area contributed by atoms with E-state index in [1.807, 2.05) is 0 Å². The van der Waals surface area contributed by atoms with Crippen molar-refractivity contribution >= 4 is 17.8 Å². The number of aromatic nitrogens is 3. The van der Waals surface area contributed by atoms with Crippen LogP contribution in [0.3, 0.4) is 0 Å². The van der Waals surface area contributed by atoms with Gasteiger partial charge < -0.3 is 17.2 Å². The van der Waals surface area contributed by atoms with Crippen LogP contribution in [-0.4, -0.2) is 15.0 Å². The van der Waals surface area contributed by atoms with Crippen molar-refractivity contribution in [1.82, 2.24) is 15.0 Å². The first-order valence-corrected chi connectivity index (χ1v) is 2.21. The van der Waals surface area contributed by atoms with E-state index < -0.39 is 0 Å². The maximum atomic E-state index is 5.14. The van der Waals surface area contributed by atoms with Crippen molar-refractivity contribution < 1.29 is 16.5 Å². The first kappa shape index (κ1) is 8.90. The van der Waals surface area contributed by atoms with Gasteiger partial charge in [0, 0.05) is 16.5 Å². The summed E-state index contributed by atoms with van der Waals surface area (Å²) in [5, 5.41) is 0. The summed E-state index contributed by atoms with van der Waals surface area (Å²) in [5.74, 6) is 0.125. The summed E-state index contributed by atoms with van der Waals surface area (Å²) in [6, 6.07) is 0. The number of hydrogen-bond donors (Lipinski definition) is 3. The van der Waals surface area contributed by atoms with Crippen LogP contribution in [0.2, 0.25) is 0 Å². The number of nitrogen functional groups attached to an aromatic ring is 3. The number of rotatable bonds is 0. The minimum absolute atomic E-state index is 0. The Morgan fingerprint density at radius 1 is 0.700 bits per heavy atom. The molecular weight excluding hydrogens is 179 g/mol. The average Bonchev–Trinajstić information content (AvgIpc) is 1.59. The molecule has 6 N–H and O–H groups in total. The van der Waals surface area contributed by atoms with Crippen LogP contribution >= 0.6 is 0 Å². The summed E-state index contributed by atoms with van der Waals surface area (Å²) in [6.45, 7) is 0. The largest absolute Gasteiger partial charge is 0.368 e. The Hall–Kier alpha value is -1.10. The van der Waals surface area contributed by atoms with Gasteiger partial charge >= 0.3 is 0 Å². The topological polar surface area (TPSA) is 117 Å². The molecule has 0 radical (unpaired) electrons. The predicted molar refractivity (Wildman–Crippen MR) is 33.1 cm³/mol. The Morgan fingerprint density at radius 3 is 1.10 bits per heavy atom. The third-order valence-electron chi connectivity index (χ3n) is 0.687. The third-order valence-corrected chi connectivity index (χ3v) is 0.687. The monoisotopic (exact) mass is 184 g/mol. The van der Waals surface area contributed by atoms with Gasteiger partial charge in [-0.3, -0.25) is 0 Å². The molecule has 58 valence electrons. The van der Waals surface area contributed by atoms with Crippen LogP contribution in [0.1, 0.15) is 0 Å². The smallest absolute Gasteiger partial charge is 0.226 e. The van der Waals surface area contributed by atoms with Gasteiger partial charge in [0.25, 0.3) is 0 Å². The van der Waals surface area contributed by atoms with Crippen molar-refractivity contribution in [2.24, 2.45) is 0 Å². The molecule has 6 nitrogen and oxygen atoms in total. The van der Waals surface area contributed by atoms with Crippen LogP contribution in [0.4, 0.5) is 17.8 Å². The molecular formula is C3H6N6Ni. The van der Waals surface area contributed by atoms with Crippen molar-refractivity contribution in [3.63, 3.8) is 0 Å². The number of nitrogens with zero attached hydrogens (tertiary/aromatic N) is 3. The van der Waals surface area contributed by atoms with Gasteiger partial charge in [-0.2, -0.15) is 15.0 Å². The van der Waals surface area contributed by atoms with E-state index in [1.54, 1.807) is 0 Å². The third kappa shape index (κ3) is 2.02. The molecule has 10 heavy (non-hydrogen) atoms. The van der Waals surface area contributed by atoms with E-state index in [9.17, 15) is 0 Å². The molecule has 0 aliphatic heterocycles. The summed E-state index contributed by atoms with van der Waals surface area (Å²) < 4.78 is 0. The molecule has 0 aliphatic rings. The molecule has 0 amide bonds. The number of nitrogens with two attached hydrogens (primary N) is 3. The van der Waals surface area contributed by atoms with Crippen LogP contribution in [0, 0.1) is 0 Å². The normalized spacial score (nSPS) is 8.40. The van der Waals surface area contributed by atoms with Crippen LogP contribution in [-0.2, 0) is 16.5 Å². The Morgan fingerprint density at radius 2 is 0.900 bits per heavy atom. The second-order valence-electron chi connectivity index (χ2n) is 1.41. The standard InChI is InChI=1S/C3H6N6.Ni/c4-1-7-2(5)9-3(6)8-1;/h(H6,4,5,6,7,8,9);. The molecule has 0 aliphatic carbocycles. The van der Waals surface area contributed by atoms with E-state index in [4.69, 9.17) is 17.2 Å². The molecule has 0 saturated heterocycles. The van der Waals surface area contributed by atoms with Crippen LogP contribution in [0.25, 0.3) is 0 Å². The SMILES string of the molecule is Nc1nc(N)nc(N)n1.[Ni]. The van der Waals surface area contributed by atoms with Gasteiger partial charge in [-0.25, -0.2) is 0 Å². The first-order chi connectivity index (χ1) is 4.18. The van der Waals surface area contributed by atoms with Crippen molar-refractivity contribution in [3.8, 4) is 0 Å². The minimum Gasteiger partial charge on any atom is -0.368 e. The summed E-state index contributed by atoms with van der Waals surface area (Å²) in [4.78, 5) is 10.5. The summed E-state index contributed by atoms with van der Waals surface area (Å²) >= 11 is 0. The second kappa shape index (κ2) is 3.17. The van der Waals surface area contributed by atoms with Crippen LogP contribution in [0.15, 0.2) is 0 Å². The van der Waals surface area contributed by atoms with Gasteiger partial charge in [-0.1, -0.05) is 0 Å². The summed E-state index contributed by atoms with van der Waals surface area (Å²) in [5.41, 5.74) is 15.4. The van der Waals surface area contributed by atoms with Crippen LogP contribution < -0.4 is 17.2 Å². The quantitative estimate of drug-likeness (QED) is 0.428. The van der Waals surface area contributed by atoms with Crippen molar-refractivity contribution in [3.05, 3.63) is 0 Å². The molecule has 0 aromatic carbocycles. The zero-order valence-corrected chi connectivity index (χ0v) is 5.88. The molecule has 7 heteroatoms. The van der Waals surface area contributed by atoms with E-state index in [0.29, 0.717) is 0 Å². The number of hydrogen-bond acceptors (Lipinski definition) is 6. The first-order valence-electron chi connectivity index (χ1n) is 2.21. The molecule has 0 bridgehead atoms. The fourth-order valence-electron chi connectivity index (χ4n) is 0.427. The molecule has 1 aromatic heterocycles. The van der Waals surface area contributed by atoms with Gasteiger partial charge in [-0.05, 0) is 0 Å². The van der Waals surface area contributed by atoms with Gasteiger partial charge in [0.05, 0.1) is 0 Å². The van der Waals surface area contributed by atoms with Gasteiger partial charge in [0.15, 0.2) is 0 Å². The minimum atomic E-state index is 0. The van der Waals surface area contributed by atoms with Gasteiger partial charge in [0.2, 0.25) is 17.8 Å². The molecule has 0 saturated carbocycles. The van der Waals surface area contributed by atoms with Crippen molar-refractivity contribution in [2.75, 3.05) is 17.2 Å². The Bertz CT molecular complexity index is 174. The van der Waals surface area contributed by atoms with E-state index in [1.165, 1.54) is 0 Å². The van der Waals surface area contributed by atoms with E-state index in [0.717, 1.165) is 0 Å². The average molecular weight is 185 g/mol. The molecule has 0 spiro atoms. The van der Waals surface area contributed by atoms with Crippen molar-refractivity contribution in [2.45, 2.75) is 0 Å². The fourth-order valence-corrected chi connectivity index (χ4v) is 0.427. The summed E-state index contributed by atoms with van der Waals surface area (Å²) in [7, 11) is 0. The molecule has 0 unspecified atom stereocenters. The molecule has 1 heterocycles. The van der Waals surface area contributed by atoms with Gasteiger partial charge in [-0.15, -0.1) is 0 Å². The molecule has 1 rings (SSSR count). The van der Waals surface area contributed by atoms with Crippen molar-refractivity contribution in [1.29, 1.82) is 0 Å². The number of anilines is 3. The summed E-state index contributed by atoms with van der Waals surface area (Å²) in [6.07, 6.45) is 0.